The molecule has 0 saturated carbocycles. The van der Waals surface area contributed by atoms with Crippen LogP contribution in [0.5, 0.6) is 11.5 Å². The number of aromatic nitrogens is 1. The Bertz CT molecular complexity index is 1550. The minimum absolute atomic E-state index is 0.0209. The predicted octanol–water partition coefficient (Wildman–Crippen LogP) is 5.43. The van der Waals surface area contributed by atoms with E-state index in [4.69, 9.17) is 14.5 Å². The Morgan fingerprint density at radius 1 is 0.821 bits per heavy atom. The number of benzene rings is 3. The van der Waals surface area contributed by atoms with Gasteiger partial charge in [-0.05, 0) is 46.5 Å². The number of hydroxylamine groups is 1. The van der Waals surface area contributed by atoms with Gasteiger partial charge in [-0.2, -0.15) is 18.7 Å². The standard InChI is InChI=1S/C29H22F3N3O4/c1-37-22-12-10-20(11-13-22)28(21-7-5-6-18(14-21)19-15-23(38-2)17-33-16-19)25-9-4-3-8-24(25)26(34-28)35-39-27(36)29(30,31)32/h3-17H,1-2H3,(H,34,35). The summed E-state index contributed by atoms with van der Waals surface area (Å²) in [5, 5.41) is 0. The molecule has 1 N–H and O–H groups in total. The normalized spacial score (nSPS) is 16.2. The van der Waals surface area contributed by atoms with E-state index < -0.39 is 17.7 Å². The van der Waals surface area contributed by atoms with Gasteiger partial charge in [0.25, 0.3) is 0 Å². The Balaban J connectivity index is 1.70. The highest BCUT2D eigenvalue weighted by atomic mass is 19.4. The van der Waals surface area contributed by atoms with Crippen molar-refractivity contribution in [2.45, 2.75) is 11.7 Å². The van der Waals surface area contributed by atoms with Crippen molar-refractivity contribution >= 4 is 11.8 Å². The number of hydrogen-bond donors (Lipinski definition) is 1. The van der Waals surface area contributed by atoms with Gasteiger partial charge in [-0.1, -0.05) is 54.6 Å². The third-order valence-corrected chi connectivity index (χ3v) is 6.39. The first-order valence-corrected chi connectivity index (χ1v) is 11.7. The predicted molar refractivity (Wildman–Crippen MR) is 137 cm³/mol. The van der Waals surface area contributed by atoms with Crippen LogP contribution in [0, 0.1) is 0 Å². The monoisotopic (exact) mass is 533 g/mol. The first-order valence-electron chi connectivity index (χ1n) is 11.7. The Morgan fingerprint density at radius 2 is 1.56 bits per heavy atom. The van der Waals surface area contributed by atoms with Crippen molar-refractivity contribution in [1.82, 2.24) is 10.5 Å². The number of carbonyl (C=O) groups is 1. The Hall–Kier alpha value is -4.86. The second kappa shape index (κ2) is 10.1. The summed E-state index contributed by atoms with van der Waals surface area (Å²) in [4.78, 5) is 25.0. The van der Waals surface area contributed by atoms with Crippen molar-refractivity contribution in [1.29, 1.82) is 0 Å². The van der Waals surface area contributed by atoms with Crippen LogP contribution in [0.4, 0.5) is 13.2 Å². The van der Waals surface area contributed by atoms with E-state index >= 15 is 0 Å². The number of aliphatic imine (C=N–C) groups is 1. The van der Waals surface area contributed by atoms with Gasteiger partial charge in [-0.3, -0.25) is 4.98 Å². The molecule has 0 radical (unpaired) electrons. The maximum Gasteiger partial charge on any atom is 0.493 e. The van der Waals surface area contributed by atoms with Crippen LogP contribution in [-0.2, 0) is 15.2 Å². The molecule has 10 heteroatoms. The van der Waals surface area contributed by atoms with Crippen LogP contribution < -0.4 is 15.0 Å². The molecule has 198 valence electrons. The number of alkyl halides is 3. The van der Waals surface area contributed by atoms with E-state index in [1.807, 2.05) is 54.6 Å². The summed E-state index contributed by atoms with van der Waals surface area (Å²) in [6.45, 7) is 0. The van der Waals surface area contributed by atoms with Gasteiger partial charge >= 0.3 is 12.1 Å². The number of carbonyl (C=O) groups excluding carboxylic acids is 1. The van der Waals surface area contributed by atoms with Crippen molar-refractivity contribution in [3.8, 4) is 22.6 Å². The fraction of sp³-hybridized carbons (Fsp3) is 0.138. The molecule has 0 amide bonds. The van der Waals surface area contributed by atoms with E-state index in [-0.39, 0.29) is 5.84 Å². The lowest BCUT2D eigenvalue weighted by molar-refractivity contribution is -0.203. The molecule has 4 aromatic rings. The molecule has 0 bridgehead atoms. The summed E-state index contributed by atoms with van der Waals surface area (Å²) in [6, 6.07) is 23.7. The van der Waals surface area contributed by atoms with E-state index in [1.165, 1.54) is 0 Å². The largest absolute Gasteiger partial charge is 0.497 e. The minimum atomic E-state index is -5.17. The number of halogens is 3. The molecule has 5 rings (SSSR count). The van der Waals surface area contributed by atoms with Crippen LogP contribution in [0.15, 0.2) is 96.2 Å². The second-order valence-corrected chi connectivity index (χ2v) is 8.63. The first kappa shape index (κ1) is 25.8. The number of nitrogens with one attached hydrogen (secondary N) is 1. The lowest BCUT2D eigenvalue weighted by atomic mass is 9.77. The molecule has 39 heavy (non-hydrogen) atoms. The molecule has 0 saturated heterocycles. The number of amidine groups is 1. The van der Waals surface area contributed by atoms with Gasteiger partial charge in [0.2, 0.25) is 0 Å². The van der Waals surface area contributed by atoms with E-state index in [0.717, 1.165) is 22.3 Å². The van der Waals surface area contributed by atoms with Crippen molar-refractivity contribution in [2.75, 3.05) is 14.2 Å². The van der Waals surface area contributed by atoms with Crippen molar-refractivity contribution in [3.63, 3.8) is 0 Å². The van der Waals surface area contributed by atoms with Crippen molar-refractivity contribution < 1.29 is 32.3 Å². The quantitative estimate of drug-likeness (QED) is 0.345. The zero-order valence-electron chi connectivity index (χ0n) is 20.8. The highest BCUT2D eigenvalue weighted by Gasteiger charge is 2.45. The fourth-order valence-corrected chi connectivity index (χ4v) is 4.57. The number of rotatable bonds is 5. The van der Waals surface area contributed by atoms with Crippen molar-refractivity contribution in [2.24, 2.45) is 4.99 Å². The topological polar surface area (TPSA) is 82.0 Å². The van der Waals surface area contributed by atoms with Gasteiger partial charge in [0.05, 0.1) is 20.4 Å². The highest BCUT2D eigenvalue weighted by molar-refractivity contribution is 6.04. The van der Waals surface area contributed by atoms with Crippen LogP contribution in [0.1, 0.15) is 22.3 Å². The molecule has 1 aliphatic rings. The molecular formula is C29H22F3N3O4. The van der Waals surface area contributed by atoms with Crippen LogP contribution in [0.3, 0.4) is 0 Å². The molecule has 0 spiro atoms. The molecule has 1 atom stereocenters. The van der Waals surface area contributed by atoms with Gasteiger partial charge in [0.15, 0.2) is 5.84 Å². The molecule has 2 heterocycles. The van der Waals surface area contributed by atoms with Gasteiger partial charge in [0.1, 0.15) is 17.0 Å². The number of fused-ring (bicyclic) bond motifs is 1. The maximum absolute atomic E-state index is 12.9. The lowest BCUT2D eigenvalue weighted by Crippen LogP contribution is -2.34. The van der Waals surface area contributed by atoms with Crippen LogP contribution in [0.2, 0.25) is 0 Å². The Labute approximate surface area is 221 Å². The Morgan fingerprint density at radius 3 is 2.28 bits per heavy atom. The fourth-order valence-electron chi connectivity index (χ4n) is 4.57. The SMILES string of the molecule is COc1ccc(C2(c3cccc(-c4cncc(OC)c4)c3)N=C(NOC(=O)C(F)(F)F)c3ccccc32)cc1. The summed E-state index contributed by atoms with van der Waals surface area (Å²) in [5.41, 5.74) is 5.18. The van der Waals surface area contributed by atoms with E-state index in [0.29, 0.717) is 22.6 Å². The molecule has 1 aromatic heterocycles. The number of ether oxygens (including phenoxy) is 2. The molecule has 1 aliphatic heterocycles. The lowest BCUT2D eigenvalue weighted by Gasteiger charge is -2.29. The number of nitrogens with zero attached hydrogens (tertiary/aromatic N) is 2. The number of methoxy groups -OCH3 is 2. The zero-order valence-corrected chi connectivity index (χ0v) is 20.8. The summed E-state index contributed by atoms with van der Waals surface area (Å²) < 4.78 is 49.2. The smallest absolute Gasteiger partial charge is 0.493 e. The van der Waals surface area contributed by atoms with E-state index in [2.05, 4.69) is 15.3 Å². The zero-order chi connectivity index (χ0) is 27.6. The maximum atomic E-state index is 12.9. The van der Waals surface area contributed by atoms with Crippen LogP contribution >= 0.6 is 0 Å². The van der Waals surface area contributed by atoms with Gasteiger partial charge < -0.3 is 14.3 Å². The Kier molecular flexibility index (Phi) is 6.69. The summed E-state index contributed by atoms with van der Waals surface area (Å²) in [7, 11) is 3.11. The average molecular weight is 534 g/mol. The molecule has 7 nitrogen and oxygen atoms in total. The van der Waals surface area contributed by atoms with Gasteiger partial charge in [-0.15, -0.1) is 0 Å². The molecule has 3 aromatic carbocycles. The van der Waals surface area contributed by atoms with E-state index in [9.17, 15) is 18.0 Å². The van der Waals surface area contributed by atoms with Crippen LogP contribution in [-0.4, -0.2) is 37.2 Å². The first-order chi connectivity index (χ1) is 18.8. The van der Waals surface area contributed by atoms with E-state index in [1.54, 1.807) is 50.9 Å². The second-order valence-electron chi connectivity index (χ2n) is 8.63. The minimum Gasteiger partial charge on any atom is -0.497 e. The van der Waals surface area contributed by atoms with Gasteiger partial charge in [0, 0.05) is 17.3 Å². The third kappa shape index (κ3) is 4.76. The molecular weight excluding hydrogens is 511 g/mol. The highest BCUT2D eigenvalue weighted by Crippen LogP contribution is 2.47. The summed E-state index contributed by atoms with van der Waals surface area (Å²) in [5.74, 6) is -1.19. The third-order valence-electron chi connectivity index (χ3n) is 6.39. The van der Waals surface area contributed by atoms with Gasteiger partial charge in [-0.25, -0.2) is 9.79 Å². The number of pyridine rings is 1. The average Bonchev–Trinajstić information content (AvgIpc) is 3.31. The number of hydrogen-bond acceptors (Lipinski definition) is 7. The molecule has 1 unspecified atom stereocenters. The van der Waals surface area contributed by atoms with Crippen molar-refractivity contribution in [3.05, 3.63) is 114 Å². The summed E-state index contributed by atoms with van der Waals surface area (Å²) >= 11 is 0. The molecule has 0 fully saturated rings. The van der Waals surface area contributed by atoms with Crippen LogP contribution in [0.25, 0.3) is 11.1 Å². The summed E-state index contributed by atoms with van der Waals surface area (Å²) in [6.07, 6.45) is -1.86. The molecule has 0 aliphatic carbocycles.